The maximum absolute atomic E-state index is 11.8. The highest BCUT2D eigenvalue weighted by atomic mass is 16.5. The Bertz CT molecular complexity index is 494. The number of carbonyl (C=O) groups is 2. The fraction of sp³-hybridized carbons (Fsp3) is 0.429. The SMILES string of the molecule is COc1ccc(CNC(=O)C(C)(C)C(=O)O)cc1C. The van der Waals surface area contributed by atoms with Crippen LogP contribution in [0.15, 0.2) is 18.2 Å². The van der Waals surface area contributed by atoms with Gasteiger partial charge in [0.1, 0.15) is 11.2 Å². The first-order chi connectivity index (χ1) is 8.78. The minimum Gasteiger partial charge on any atom is -0.496 e. The summed E-state index contributed by atoms with van der Waals surface area (Å²) in [4.78, 5) is 22.7. The van der Waals surface area contributed by atoms with E-state index in [2.05, 4.69) is 5.32 Å². The Morgan fingerprint density at radius 2 is 2.00 bits per heavy atom. The van der Waals surface area contributed by atoms with Crippen LogP contribution in [0, 0.1) is 12.3 Å². The molecule has 0 bridgehead atoms. The number of benzene rings is 1. The molecule has 0 radical (unpaired) electrons. The van der Waals surface area contributed by atoms with Crippen LogP contribution in [0.3, 0.4) is 0 Å². The molecule has 1 aromatic carbocycles. The molecule has 1 amide bonds. The number of nitrogens with one attached hydrogen (secondary N) is 1. The van der Waals surface area contributed by atoms with Crippen LogP contribution in [0.25, 0.3) is 0 Å². The van der Waals surface area contributed by atoms with Gasteiger partial charge in [0.15, 0.2) is 0 Å². The van der Waals surface area contributed by atoms with Crippen molar-refractivity contribution < 1.29 is 19.4 Å². The molecule has 1 rings (SSSR count). The van der Waals surface area contributed by atoms with Crippen LogP contribution in [0.4, 0.5) is 0 Å². The molecule has 0 heterocycles. The number of rotatable bonds is 5. The third-order valence-corrected chi connectivity index (χ3v) is 3.01. The summed E-state index contributed by atoms with van der Waals surface area (Å²) in [5, 5.41) is 11.6. The van der Waals surface area contributed by atoms with Crippen molar-refractivity contribution in [3.05, 3.63) is 29.3 Å². The molecule has 0 aliphatic heterocycles. The number of methoxy groups -OCH3 is 1. The second kappa shape index (κ2) is 5.73. The van der Waals surface area contributed by atoms with Gasteiger partial charge in [-0.1, -0.05) is 12.1 Å². The van der Waals surface area contributed by atoms with E-state index in [0.29, 0.717) is 6.54 Å². The average Bonchev–Trinajstić information content (AvgIpc) is 2.35. The number of ether oxygens (including phenoxy) is 1. The van der Waals surface area contributed by atoms with E-state index in [1.165, 1.54) is 13.8 Å². The summed E-state index contributed by atoms with van der Waals surface area (Å²) in [7, 11) is 1.60. The van der Waals surface area contributed by atoms with Crippen molar-refractivity contribution in [3.63, 3.8) is 0 Å². The van der Waals surface area contributed by atoms with Gasteiger partial charge in [0.05, 0.1) is 7.11 Å². The number of aliphatic carboxylic acids is 1. The molecule has 0 atom stereocenters. The zero-order valence-electron chi connectivity index (χ0n) is 11.6. The van der Waals surface area contributed by atoms with Crippen LogP contribution < -0.4 is 10.1 Å². The molecule has 0 fully saturated rings. The lowest BCUT2D eigenvalue weighted by atomic mass is 9.92. The minimum atomic E-state index is -1.43. The highest BCUT2D eigenvalue weighted by Crippen LogP contribution is 2.19. The maximum Gasteiger partial charge on any atom is 0.318 e. The van der Waals surface area contributed by atoms with E-state index in [-0.39, 0.29) is 0 Å². The number of carboxylic acid groups (broad SMARTS) is 1. The first-order valence-electron chi connectivity index (χ1n) is 5.94. The molecule has 2 N–H and O–H groups in total. The second-order valence-electron chi connectivity index (χ2n) is 4.92. The van der Waals surface area contributed by atoms with Crippen molar-refractivity contribution in [2.24, 2.45) is 5.41 Å². The molecule has 0 spiro atoms. The summed E-state index contributed by atoms with van der Waals surface area (Å²) in [6, 6.07) is 5.55. The Morgan fingerprint density at radius 1 is 1.37 bits per heavy atom. The second-order valence-corrected chi connectivity index (χ2v) is 4.92. The summed E-state index contributed by atoms with van der Waals surface area (Å²) in [5.41, 5.74) is 0.432. The monoisotopic (exact) mass is 265 g/mol. The maximum atomic E-state index is 11.8. The molecule has 5 heteroatoms. The van der Waals surface area contributed by atoms with E-state index in [1.54, 1.807) is 7.11 Å². The van der Waals surface area contributed by atoms with Gasteiger partial charge < -0.3 is 15.2 Å². The normalized spacial score (nSPS) is 10.9. The molecular formula is C14H19NO4. The summed E-state index contributed by atoms with van der Waals surface area (Å²) < 4.78 is 5.15. The number of amides is 1. The zero-order chi connectivity index (χ0) is 14.6. The highest BCUT2D eigenvalue weighted by molar-refractivity contribution is 6.00. The van der Waals surface area contributed by atoms with E-state index in [0.717, 1.165) is 16.9 Å². The smallest absolute Gasteiger partial charge is 0.318 e. The van der Waals surface area contributed by atoms with Gasteiger partial charge in [0.25, 0.3) is 0 Å². The number of carbonyl (C=O) groups excluding carboxylic acids is 1. The lowest BCUT2D eigenvalue weighted by molar-refractivity contribution is -0.153. The molecule has 0 saturated carbocycles. The predicted molar refractivity (Wildman–Crippen MR) is 71.0 cm³/mol. The van der Waals surface area contributed by atoms with Crippen LogP contribution in [0.1, 0.15) is 25.0 Å². The van der Waals surface area contributed by atoms with Gasteiger partial charge in [-0.15, -0.1) is 0 Å². The summed E-state index contributed by atoms with van der Waals surface area (Å²) in [6.45, 7) is 4.96. The van der Waals surface area contributed by atoms with Crippen molar-refractivity contribution in [1.82, 2.24) is 5.32 Å². The number of carboxylic acids is 1. The Labute approximate surface area is 112 Å². The fourth-order valence-corrected chi connectivity index (χ4v) is 1.55. The van der Waals surface area contributed by atoms with E-state index < -0.39 is 17.3 Å². The Balaban J connectivity index is 2.70. The number of hydrogen-bond donors (Lipinski definition) is 2. The van der Waals surface area contributed by atoms with Gasteiger partial charge in [-0.05, 0) is 38.0 Å². The summed E-state index contributed by atoms with van der Waals surface area (Å²) >= 11 is 0. The van der Waals surface area contributed by atoms with Crippen LogP contribution >= 0.6 is 0 Å². The summed E-state index contributed by atoms with van der Waals surface area (Å²) in [6.07, 6.45) is 0. The van der Waals surface area contributed by atoms with Crippen LogP contribution in [-0.2, 0) is 16.1 Å². The largest absolute Gasteiger partial charge is 0.496 e. The zero-order valence-corrected chi connectivity index (χ0v) is 11.6. The van der Waals surface area contributed by atoms with E-state index in [4.69, 9.17) is 9.84 Å². The molecule has 0 aliphatic rings. The Morgan fingerprint density at radius 3 is 2.47 bits per heavy atom. The molecule has 104 valence electrons. The molecule has 1 aromatic rings. The molecule has 0 aromatic heterocycles. The van der Waals surface area contributed by atoms with Crippen LogP contribution in [0.2, 0.25) is 0 Å². The predicted octanol–water partition coefficient (Wildman–Crippen LogP) is 1.73. The van der Waals surface area contributed by atoms with Gasteiger partial charge >= 0.3 is 5.97 Å². The summed E-state index contributed by atoms with van der Waals surface area (Å²) in [5.74, 6) is -0.870. The van der Waals surface area contributed by atoms with Gasteiger partial charge in [-0.3, -0.25) is 9.59 Å². The van der Waals surface area contributed by atoms with Crippen molar-refractivity contribution in [1.29, 1.82) is 0 Å². The molecular weight excluding hydrogens is 246 g/mol. The lowest BCUT2D eigenvalue weighted by Gasteiger charge is -2.18. The molecule has 19 heavy (non-hydrogen) atoms. The Hall–Kier alpha value is -2.04. The third-order valence-electron chi connectivity index (χ3n) is 3.01. The molecule has 0 unspecified atom stereocenters. The molecule has 5 nitrogen and oxygen atoms in total. The van der Waals surface area contributed by atoms with Crippen LogP contribution in [0.5, 0.6) is 5.75 Å². The first-order valence-corrected chi connectivity index (χ1v) is 5.94. The van der Waals surface area contributed by atoms with Gasteiger partial charge in [-0.25, -0.2) is 0 Å². The quantitative estimate of drug-likeness (QED) is 0.795. The van der Waals surface area contributed by atoms with Gasteiger partial charge in [0, 0.05) is 6.54 Å². The minimum absolute atomic E-state index is 0.292. The Kier molecular flexibility index (Phi) is 4.53. The number of hydrogen-bond acceptors (Lipinski definition) is 3. The average molecular weight is 265 g/mol. The molecule has 0 aliphatic carbocycles. The fourth-order valence-electron chi connectivity index (χ4n) is 1.55. The van der Waals surface area contributed by atoms with Crippen LogP contribution in [-0.4, -0.2) is 24.1 Å². The molecule has 0 saturated heterocycles. The van der Waals surface area contributed by atoms with Gasteiger partial charge in [0.2, 0.25) is 5.91 Å². The number of aryl methyl sites for hydroxylation is 1. The van der Waals surface area contributed by atoms with E-state index >= 15 is 0 Å². The third kappa shape index (κ3) is 3.47. The highest BCUT2D eigenvalue weighted by Gasteiger charge is 2.35. The van der Waals surface area contributed by atoms with Crippen molar-refractivity contribution >= 4 is 11.9 Å². The first kappa shape index (κ1) is 15.0. The van der Waals surface area contributed by atoms with Crippen molar-refractivity contribution in [2.45, 2.75) is 27.3 Å². The van der Waals surface area contributed by atoms with E-state index in [1.807, 2.05) is 25.1 Å². The van der Waals surface area contributed by atoms with Crippen molar-refractivity contribution in [2.75, 3.05) is 7.11 Å². The van der Waals surface area contributed by atoms with Crippen molar-refractivity contribution in [3.8, 4) is 5.75 Å². The topological polar surface area (TPSA) is 75.6 Å². The van der Waals surface area contributed by atoms with E-state index in [9.17, 15) is 9.59 Å². The lowest BCUT2D eigenvalue weighted by Crippen LogP contribution is -2.41. The standard InChI is InChI=1S/C14H19NO4/c1-9-7-10(5-6-11(9)19-4)8-15-12(16)14(2,3)13(17)18/h5-7H,8H2,1-4H3,(H,15,16)(H,17,18). The van der Waals surface area contributed by atoms with Gasteiger partial charge in [-0.2, -0.15) is 0 Å².